The number of rotatable bonds is 3. The Hall–Kier alpha value is -3.27. The zero-order chi connectivity index (χ0) is 18.3. The third kappa shape index (κ3) is 2.80. The van der Waals surface area contributed by atoms with Crippen LogP contribution in [0, 0.1) is 11.5 Å². The van der Waals surface area contributed by atoms with Gasteiger partial charge in [-0.1, -0.05) is 6.07 Å². The minimum absolute atomic E-state index is 0.0196. The number of carbonyl (C=O) groups is 1. The maximum Gasteiger partial charge on any atom is 0.268 e. The van der Waals surface area contributed by atoms with E-state index in [-0.39, 0.29) is 11.9 Å². The molecule has 2 aromatic heterocycles. The molecule has 4 rings (SSSR count). The lowest BCUT2D eigenvalue weighted by molar-refractivity contribution is 0.0931. The van der Waals surface area contributed by atoms with E-state index >= 15 is 0 Å². The van der Waals surface area contributed by atoms with Gasteiger partial charge in [0.1, 0.15) is 5.69 Å². The van der Waals surface area contributed by atoms with Crippen molar-refractivity contribution in [3.8, 4) is 17.3 Å². The molecule has 7 heteroatoms. The van der Waals surface area contributed by atoms with Crippen LogP contribution < -0.4 is 5.32 Å². The highest BCUT2D eigenvalue weighted by atomic mass is 16.2. The summed E-state index contributed by atoms with van der Waals surface area (Å²) in [5, 5.41) is 17.2. The van der Waals surface area contributed by atoms with Crippen molar-refractivity contribution >= 4 is 16.8 Å². The summed E-state index contributed by atoms with van der Waals surface area (Å²) in [4.78, 5) is 14.4. The molecule has 0 saturated carbocycles. The molecule has 1 aromatic carbocycles. The number of aromatic nitrogens is 3. The summed E-state index contributed by atoms with van der Waals surface area (Å²) < 4.78 is 3.68. The molecule has 1 fully saturated rings. The summed E-state index contributed by atoms with van der Waals surface area (Å²) >= 11 is 0. The highest BCUT2D eigenvalue weighted by Gasteiger charge is 2.24. The number of amides is 1. The van der Waals surface area contributed by atoms with Gasteiger partial charge in [0.25, 0.3) is 5.91 Å². The van der Waals surface area contributed by atoms with Crippen LogP contribution in [-0.4, -0.2) is 44.3 Å². The summed E-state index contributed by atoms with van der Waals surface area (Å²) in [7, 11) is 3.79. The van der Waals surface area contributed by atoms with Crippen LogP contribution in [0.2, 0.25) is 0 Å². The fraction of sp³-hybridized carbons (Fsp3) is 0.316. The first kappa shape index (κ1) is 16.2. The Morgan fingerprint density at radius 3 is 2.85 bits per heavy atom. The number of likely N-dealkylation sites (tertiary alicyclic amines) is 1. The second-order valence-electron chi connectivity index (χ2n) is 6.77. The molecule has 132 valence electrons. The lowest BCUT2D eigenvalue weighted by Gasteiger charge is -2.12. The summed E-state index contributed by atoms with van der Waals surface area (Å²) in [6.45, 7) is 1.28. The summed E-state index contributed by atoms with van der Waals surface area (Å²) in [5.41, 5.74) is 3.75. The van der Waals surface area contributed by atoms with Gasteiger partial charge in [-0.25, -0.2) is 0 Å². The van der Waals surface area contributed by atoms with Crippen LogP contribution in [0.4, 0.5) is 0 Å². The molecule has 1 atom stereocenters. The summed E-state index contributed by atoms with van der Waals surface area (Å²) in [6.07, 6.45) is 6.74. The molecular formula is C19H20N6O. The van der Waals surface area contributed by atoms with Gasteiger partial charge in [0, 0.05) is 55.9 Å². The largest absolute Gasteiger partial charge is 0.346 e. The quantitative estimate of drug-likeness (QED) is 0.733. The Morgan fingerprint density at radius 1 is 1.31 bits per heavy atom. The molecule has 0 bridgehead atoms. The van der Waals surface area contributed by atoms with Gasteiger partial charge in [-0.2, -0.15) is 10.4 Å². The van der Waals surface area contributed by atoms with Crippen molar-refractivity contribution in [1.29, 1.82) is 5.26 Å². The van der Waals surface area contributed by atoms with Gasteiger partial charge < -0.3 is 14.8 Å². The first-order valence-electron chi connectivity index (χ1n) is 8.59. The van der Waals surface area contributed by atoms with Crippen molar-refractivity contribution in [3.05, 3.63) is 42.4 Å². The van der Waals surface area contributed by atoms with Crippen molar-refractivity contribution in [1.82, 2.24) is 24.6 Å². The lowest BCUT2D eigenvalue weighted by Crippen LogP contribution is -2.37. The Morgan fingerprint density at radius 2 is 2.15 bits per heavy atom. The van der Waals surface area contributed by atoms with E-state index in [1.165, 1.54) is 0 Å². The predicted octanol–water partition coefficient (Wildman–Crippen LogP) is 1.86. The molecule has 0 radical (unpaired) electrons. The Balaban J connectivity index is 1.60. The van der Waals surface area contributed by atoms with Crippen LogP contribution in [0.15, 0.2) is 36.7 Å². The van der Waals surface area contributed by atoms with E-state index in [0.29, 0.717) is 18.8 Å². The number of hydrogen-bond donors (Lipinski definition) is 1. The van der Waals surface area contributed by atoms with Crippen molar-refractivity contribution in [2.75, 3.05) is 13.1 Å². The van der Waals surface area contributed by atoms with Gasteiger partial charge in [-0.05, 0) is 30.2 Å². The minimum atomic E-state index is -0.101. The Kier molecular flexibility index (Phi) is 3.88. The lowest BCUT2D eigenvalue weighted by atomic mass is 10.1. The van der Waals surface area contributed by atoms with Gasteiger partial charge >= 0.3 is 0 Å². The van der Waals surface area contributed by atoms with E-state index in [2.05, 4.69) is 22.7 Å². The van der Waals surface area contributed by atoms with Gasteiger partial charge in [-0.3, -0.25) is 9.48 Å². The average Bonchev–Trinajstić information content (AvgIpc) is 3.34. The SMILES string of the molecule is Cn1cc(-c2ccc3c(c2)cc(C(=O)N[C@@H]2CCN(C#N)C2)n3C)cn1. The van der Waals surface area contributed by atoms with E-state index in [4.69, 9.17) is 5.26 Å². The maximum atomic E-state index is 12.7. The summed E-state index contributed by atoms with van der Waals surface area (Å²) in [6, 6.07) is 8.09. The molecule has 1 aliphatic rings. The smallest absolute Gasteiger partial charge is 0.268 e. The fourth-order valence-corrected chi connectivity index (χ4v) is 3.55. The highest BCUT2D eigenvalue weighted by Crippen LogP contribution is 2.26. The molecular weight excluding hydrogens is 328 g/mol. The third-order valence-corrected chi connectivity index (χ3v) is 4.98. The first-order valence-corrected chi connectivity index (χ1v) is 8.59. The molecule has 0 unspecified atom stereocenters. The molecule has 3 heterocycles. The number of hydrogen-bond acceptors (Lipinski definition) is 4. The van der Waals surface area contributed by atoms with E-state index in [0.717, 1.165) is 28.5 Å². The van der Waals surface area contributed by atoms with Gasteiger partial charge in [-0.15, -0.1) is 0 Å². The minimum Gasteiger partial charge on any atom is -0.346 e. The van der Waals surface area contributed by atoms with Crippen LogP contribution in [0.5, 0.6) is 0 Å². The number of carbonyl (C=O) groups excluding carboxylic acids is 1. The second-order valence-corrected chi connectivity index (χ2v) is 6.77. The number of nitrogens with one attached hydrogen (secondary N) is 1. The topological polar surface area (TPSA) is 78.9 Å². The number of nitrogens with zero attached hydrogens (tertiary/aromatic N) is 5. The maximum absolute atomic E-state index is 12.7. The zero-order valence-corrected chi connectivity index (χ0v) is 14.8. The monoisotopic (exact) mass is 348 g/mol. The Labute approximate surface area is 151 Å². The molecule has 0 spiro atoms. The number of fused-ring (bicyclic) bond motifs is 1. The predicted molar refractivity (Wildman–Crippen MR) is 98.2 cm³/mol. The van der Waals surface area contributed by atoms with E-state index < -0.39 is 0 Å². The standard InChI is InChI=1S/C19H20N6O/c1-23-10-15(9-21-23)13-3-4-17-14(7-13)8-18(24(17)2)19(26)22-16-5-6-25(11-16)12-20/h3-4,7-10,16H,5-6,11H2,1-2H3,(H,22,26)/t16-/m1/s1. The van der Waals surface area contributed by atoms with E-state index in [1.807, 2.05) is 49.3 Å². The van der Waals surface area contributed by atoms with E-state index in [1.54, 1.807) is 9.58 Å². The van der Waals surface area contributed by atoms with Crippen LogP contribution >= 0.6 is 0 Å². The van der Waals surface area contributed by atoms with E-state index in [9.17, 15) is 4.79 Å². The molecule has 1 aliphatic heterocycles. The number of nitriles is 1. The van der Waals surface area contributed by atoms with Crippen molar-refractivity contribution in [3.63, 3.8) is 0 Å². The molecule has 7 nitrogen and oxygen atoms in total. The fourth-order valence-electron chi connectivity index (χ4n) is 3.55. The van der Waals surface area contributed by atoms with Crippen molar-refractivity contribution in [2.24, 2.45) is 14.1 Å². The van der Waals surface area contributed by atoms with Crippen LogP contribution in [0.3, 0.4) is 0 Å². The van der Waals surface area contributed by atoms with Crippen molar-refractivity contribution in [2.45, 2.75) is 12.5 Å². The third-order valence-electron chi connectivity index (χ3n) is 4.98. The number of aryl methyl sites for hydroxylation is 2. The second kappa shape index (κ2) is 6.23. The first-order chi connectivity index (χ1) is 12.5. The van der Waals surface area contributed by atoms with Gasteiger partial charge in [0.05, 0.1) is 6.20 Å². The molecule has 26 heavy (non-hydrogen) atoms. The van der Waals surface area contributed by atoms with Crippen LogP contribution in [0.25, 0.3) is 22.0 Å². The van der Waals surface area contributed by atoms with Crippen LogP contribution in [0.1, 0.15) is 16.9 Å². The average molecular weight is 348 g/mol. The van der Waals surface area contributed by atoms with Gasteiger partial charge in [0.2, 0.25) is 0 Å². The van der Waals surface area contributed by atoms with Crippen LogP contribution in [-0.2, 0) is 14.1 Å². The molecule has 1 amide bonds. The zero-order valence-electron chi connectivity index (χ0n) is 14.8. The summed E-state index contributed by atoms with van der Waals surface area (Å²) in [5.74, 6) is -0.101. The van der Waals surface area contributed by atoms with Gasteiger partial charge in [0.15, 0.2) is 6.19 Å². The highest BCUT2D eigenvalue weighted by molar-refractivity contribution is 5.99. The molecule has 1 N–H and O–H groups in total. The Bertz CT molecular complexity index is 1020. The molecule has 0 aliphatic carbocycles. The normalized spacial score (nSPS) is 16.8. The molecule has 1 saturated heterocycles. The number of benzene rings is 1. The van der Waals surface area contributed by atoms with Crippen molar-refractivity contribution < 1.29 is 4.79 Å². The molecule has 3 aromatic rings.